The molecule has 0 aliphatic carbocycles. The van der Waals surface area contributed by atoms with Gasteiger partial charge in [0.05, 0.1) is 19.9 Å². The maximum atomic E-state index is 12.6. The maximum absolute atomic E-state index is 12.6. The van der Waals surface area contributed by atoms with Crippen molar-refractivity contribution in [2.75, 3.05) is 19.5 Å². The van der Waals surface area contributed by atoms with Crippen molar-refractivity contribution < 1.29 is 14.3 Å². The summed E-state index contributed by atoms with van der Waals surface area (Å²) in [6.07, 6.45) is 0.884. The molecular formula is C25H26N4O3. The third-order valence-electron chi connectivity index (χ3n) is 5.47. The zero-order chi connectivity index (χ0) is 22.7. The number of anilines is 1. The molecule has 0 aliphatic rings. The lowest BCUT2D eigenvalue weighted by molar-refractivity contribution is -0.116. The highest BCUT2D eigenvalue weighted by Gasteiger charge is 2.15. The van der Waals surface area contributed by atoms with Crippen molar-refractivity contribution in [1.82, 2.24) is 14.6 Å². The van der Waals surface area contributed by atoms with Crippen LogP contribution in [-0.4, -0.2) is 34.7 Å². The van der Waals surface area contributed by atoms with Crippen LogP contribution >= 0.6 is 0 Å². The molecule has 0 unspecified atom stereocenters. The highest BCUT2D eigenvalue weighted by molar-refractivity contribution is 5.91. The largest absolute Gasteiger partial charge is 0.497 e. The fourth-order valence-electron chi connectivity index (χ4n) is 3.78. The first-order chi connectivity index (χ1) is 15.5. The molecule has 2 aromatic heterocycles. The minimum absolute atomic E-state index is 0.0929. The summed E-state index contributed by atoms with van der Waals surface area (Å²) in [6, 6.07) is 17.3. The molecule has 164 valence electrons. The molecule has 4 rings (SSSR count). The lowest BCUT2D eigenvalue weighted by Gasteiger charge is -2.12. The summed E-state index contributed by atoms with van der Waals surface area (Å²) in [7, 11) is 3.15. The summed E-state index contributed by atoms with van der Waals surface area (Å²) < 4.78 is 12.4. The number of hydrogen-bond acceptors (Lipinski definition) is 5. The number of hydrogen-bond donors (Lipinski definition) is 1. The number of amides is 1. The number of nitrogens with zero attached hydrogens (tertiary/aromatic N) is 3. The zero-order valence-electron chi connectivity index (χ0n) is 18.7. The van der Waals surface area contributed by atoms with Crippen molar-refractivity contribution in [2.45, 2.75) is 26.7 Å². The van der Waals surface area contributed by atoms with E-state index in [-0.39, 0.29) is 5.91 Å². The van der Waals surface area contributed by atoms with Crippen molar-refractivity contribution in [3.8, 4) is 22.8 Å². The van der Waals surface area contributed by atoms with Crippen LogP contribution in [0, 0.1) is 13.8 Å². The Morgan fingerprint density at radius 1 is 1.00 bits per heavy atom. The molecule has 4 aromatic rings. The average Bonchev–Trinajstić information content (AvgIpc) is 3.23. The number of nitrogens with one attached hydrogen (secondary N) is 1. The lowest BCUT2D eigenvalue weighted by atomic mass is 10.1. The Morgan fingerprint density at radius 2 is 1.69 bits per heavy atom. The van der Waals surface area contributed by atoms with Crippen LogP contribution in [0.3, 0.4) is 0 Å². The van der Waals surface area contributed by atoms with Crippen LogP contribution < -0.4 is 14.8 Å². The van der Waals surface area contributed by atoms with Crippen LogP contribution in [0.15, 0.2) is 54.6 Å². The highest BCUT2D eigenvalue weighted by atomic mass is 16.5. The molecule has 2 heterocycles. The summed E-state index contributed by atoms with van der Waals surface area (Å²) in [4.78, 5) is 17.4. The molecule has 0 spiro atoms. The molecule has 0 aliphatic heterocycles. The lowest BCUT2D eigenvalue weighted by Crippen LogP contribution is -2.14. The fourth-order valence-corrected chi connectivity index (χ4v) is 3.78. The summed E-state index contributed by atoms with van der Waals surface area (Å²) in [5, 5.41) is 7.66. The number of carbonyl (C=O) groups is 1. The predicted molar refractivity (Wildman–Crippen MR) is 124 cm³/mol. The van der Waals surface area contributed by atoms with E-state index in [0.717, 1.165) is 33.9 Å². The van der Waals surface area contributed by atoms with E-state index in [9.17, 15) is 4.79 Å². The molecule has 0 atom stereocenters. The van der Waals surface area contributed by atoms with Gasteiger partial charge in [0.25, 0.3) is 0 Å². The Morgan fingerprint density at radius 3 is 2.34 bits per heavy atom. The Kier molecular flexibility index (Phi) is 6.07. The van der Waals surface area contributed by atoms with Gasteiger partial charge in [-0.15, -0.1) is 0 Å². The van der Waals surface area contributed by atoms with Crippen LogP contribution in [-0.2, 0) is 11.2 Å². The van der Waals surface area contributed by atoms with E-state index in [2.05, 4.69) is 5.32 Å². The second-order valence-electron chi connectivity index (χ2n) is 7.58. The summed E-state index contributed by atoms with van der Waals surface area (Å²) in [5.74, 6) is 1.15. The Labute approximate surface area is 187 Å². The van der Waals surface area contributed by atoms with Crippen LogP contribution in [0.1, 0.15) is 23.4 Å². The molecule has 2 aromatic carbocycles. The molecule has 0 bridgehead atoms. The van der Waals surface area contributed by atoms with E-state index in [0.29, 0.717) is 30.0 Å². The second-order valence-corrected chi connectivity index (χ2v) is 7.58. The van der Waals surface area contributed by atoms with Crippen LogP contribution in [0.2, 0.25) is 0 Å². The minimum atomic E-state index is -0.0929. The minimum Gasteiger partial charge on any atom is -0.497 e. The molecule has 32 heavy (non-hydrogen) atoms. The molecule has 0 saturated carbocycles. The summed E-state index contributed by atoms with van der Waals surface area (Å²) in [5.41, 5.74) is 6.28. The van der Waals surface area contributed by atoms with Gasteiger partial charge < -0.3 is 14.8 Å². The van der Waals surface area contributed by atoms with E-state index in [1.54, 1.807) is 32.4 Å². The number of rotatable bonds is 7. The number of aryl methyl sites for hydroxylation is 2. The van der Waals surface area contributed by atoms with E-state index < -0.39 is 0 Å². The second kappa shape index (κ2) is 9.09. The van der Waals surface area contributed by atoms with Gasteiger partial charge in [-0.05, 0) is 25.8 Å². The fraction of sp³-hybridized carbons (Fsp3) is 0.240. The third-order valence-corrected chi connectivity index (χ3v) is 5.47. The summed E-state index contributed by atoms with van der Waals surface area (Å²) >= 11 is 0. The number of aromatic nitrogens is 3. The number of benzene rings is 2. The average molecular weight is 431 g/mol. The number of carbonyl (C=O) groups excluding carboxylic acids is 1. The first kappa shape index (κ1) is 21.4. The Balaban J connectivity index is 1.52. The monoisotopic (exact) mass is 430 g/mol. The van der Waals surface area contributed by atoms with Gasteiger partial charge in [0, 0.05) is 53.3 Å². The van der Waals surface area contributed by atoms with E-state index in [1.165, 1.54) is 0 Å². The van der Waals surface area contributed by atoms with Gasteiger partial charge >= 0.3 is 0 Å². The highest BCUT2D eigenvalue weighted by Crippen LogP contribution is 2.26. The van der Waals surface area contributed by atoms with Crippen LogP contribution in [0.5, 0.6) is 11.5 Å². The molecule has 1 N–H and O–H groups in total. The Bertz CT molecular complexity index is 1240. The molecule has 1 amide bonds. The Hall–Kier alpha value is -3.87. The van der Waals surface area contributed by atoms with Gasteiger partial charge in [0.15, 0.2) is 5.65 Å². The van der Waals surface area contributed by atoms with Crippen molar-refractivity contribution in [3.63, 3.8) is 0 Å². The number of ether oxygens (including phenoxy) is 2. The summed E-state index contributed by atoms with van der Waals surface area (Å²) in [6.45, 7) is 3.99. The van der Waals surface area contributed by atoms with E-state index >= 15 is 0 Å². The van der Waals surface area contributed by atoms with Gasteiger partial charge in [-0.2, -0.15) is 5.10 Å². The molecular weight excluding hydrogens is 404 g/mol. The van der Waals surface area contributed by atoms with Crippen molar-refractivity contribution in [3.05, 3.63) is 71.5 Å². The van der Waals surface area contributed by atoms with Gasteiger partial charge in [-0.1, -0.05) is 30.3 Å². The molecule has 0 radical (unpaired) electrons. The van der Waals surface area contributed by atoms with Crippen LogP contribution in [0.4, 0.5) is 5.69 Å². The predicted octanol–water partition coefficient (Wildman–Crippen LogP) is 4.60. The molecule has 7 nitrogen and oxygen atoms in total. The quantitative estimate of drug-likeness (QED) is 0.464. The topological polar surface area (TPSA) is 77.8 Å². The standard InChI is InChI=1S/C25H26N4O3/c1-16-22(10-11-25(30)27-19-12-20(31-3)14-21(13-19)32-4)17(2)29-24(26-16)15-23(28-29)18-8-6-5-7-9-18/h5-9,12-15H,10-11H2,1-4H3,(H,27,30). The van der Waals surface area contributed by atoms with Gasteiger partial charge in [-0.3, -0.25) is 4.79 Å². The number of fused-ring (bicyclic) bond motifs is 1. The number of methoxy groups -OCH3 is 2. The maximum Gasteiger partial charge on any atom is 0.224 e. The van der Waals surface area contributed by atoms with E-state index in [4.69, 9.17) is 19.6 Å². The van der Waals surface area contributed by atoms with E-state index in [1.807, 2.05) is 54.8 Å². The van der Waals surface area contributed by atoms with Crippen molar-refractivity contribution in [1.29, 1.82) is 0 Å². The zero-order valence-corrected chi connectivity index (χ0v) is 18.7. The first-order valence-electron chi connectivity index (χ1n) is 10.4. The van der Waals surface area contributed by atoms with Crippen molar-refractivity contribution >= 4 is 17.2 Å². The normalized spacial score (nSPS) is 10.9. The molecule has 0 fully saturated rings. The van der Waals surface area contributed by atoms with Gasteiger partial charge in [0.1, 0.15) is 11.5 Å². The molecule has 0 saturated heterocycles. The smallest absolute Gasteiger partial charge is 0.224 e. The van der Waals surface area contributed by atoms with Crippen molar-refractivity contribution in [2.24, 2.45) is 0 Å². The third kappa shape index (κ3) is 4.42. The van der Waals surface area contributed by atoms with Crippen LogP contribution in [0.25, 0.3) is 16.9 Å². The van der Waals surface area contributed by atoms with Gasteiger partial charge in [0.2, 0.25) is 5.91 Å². The van der Waals surface area contributed by atoms with Gasteiger partial charge in [-0.25, -0.2) is 9.50 Å². The SMILES string of the molecule is COc1cc(NC(=O)CCc2c(C)nc3cc(-c4ccccc4)nn3c2C)cc(OC)c1. The first-order valence-corrected chi connectivity index (χ1v) is 10.4. The molecule has 7 heteroatoms.